The molecule has 0 radical (unpaired) electrons. The molecule has 4 heterocycles. The summed E-state index contributed by atoms with van der Waals surface area (Å²) < 4.78 is 37.8. The predicted molar refractivity (Wildman–Crippen MR) is 125 cm³/mol. The zero-order valence-electron chi connectivity index (χ0n) is 19.1. The van der Waals surface area contributed by atoms with E-state index in [1.165, 1.54) is 22.7 Å². The highest BCUT2D eigenvalue weighted by atomic mass is 19.1. The summed E-state index contributed by atoms with van der Waals surface area (Å²) in [4.78, 5) is 11.2. The van der Waals surface area contributed by atoms with Crippen molar-refractivity contribution in [1.29, 1.82) is 0 Å². The van der Waals surface area contributed by atoms with Gasteiger partial charge in [-0.2, -0.15) is 19.7 Å². The maximum atomic E-state index is 14.4. The average molecular weight is 481 g/mol. The molecule has 0 atom stereocenters. The minimum Gasteiger partial charge on any atom is -0.379 e. The van der Waals surface area contributed by atoms with Crippen molar-refractivity contribution >= 4 is 17.3 Å². The average Bonchev–Trinajstić information content (AvgIpc) is 3.55. The van der Waals surface area contributed by atoms with E-state index in [4.69, 9.17) is 4.74 Å². The van der Waals surface area contributed by atoms with Gasteiger partial charge in [0.15, 0.2) is 11.5 Å². The van der Waals surface area contributed by atoms with Crippen LogP contribution in [0.1, 0.15) is 31.7 Å². The zero-order chi connectivity index (χ0) is 23.8. The molecule has 1 aromatic carbocycles. The summed E-state index contributed by atoms with van der Waals surface area (Å²) in [5.41, 5.74) is 0.872. The Balaban J connectivity index is 1.20. The van der Waals surface area contributed by atoms with Gasteiger partial charge in [0, 0.05) is 31.4 Å². The van der Waals surface area contributed by atoms with Crippen molar-refractivity contribution in [2.75, 3.05) is 31.6 Å². The van der Waals surface area contributed by atoms with E-state index in [0.717, 1.165) is 57.7 Å². The number of nitrogens with zero attached hydrogens (tertiary/aromatic N) is 7. The van der Waals surface area contributed by atoms with Gasteiger partial charge in [-0.1, -0.05) is 6.07 Å². The quantitative estimate of drug-likeness (QED) is 0.465. The van der Waals surface area contributed by atoms with Crippen molar-refractivity contribution in [2.24, 2.45) is 0 Å². The normalized spacial score (nSPS) is 21.4. The maximum Gasteiger partial charge on any atom is 0.232 e. The van der Waals surface area contributed by atoms with Gasteiger partial charge in [0.25, 0.3) is 0 Å². The molecular formula is C24H26F2N8O. The van der Waals surface area contributed by atoms with Crippen LogP contribution >= 0.6 is 0 Å². The van der Waals surface area contributed by atoms with Crippen molar-refractivity contribution in [1.82, 2.24) is 34.3 Å². The summed E-state index contributed by atoms with van der Waals surface area (Å²) in [5, 5.41) is 12.0. The van der Waals surface area contributed by atoms with Crippen LogP contribution in [0.4, 0.5) is 20.4 Å². The fourth-order valence-corrected chi connectivity index (χ4v) is 5.09. The third-order valence-corrected chi connectivity index (χ3v) is 6.90. The number of rotatable bonds is 5. The minimum absolute atomic E-state index is 0.0510. The molecule has 35 heavy (non-hydrogen) atoms. The molecule has 0 amide bonds. The summed E-state index contributed by atoms with van der Waals surface area (Å²) in [7, 11) is 0. The molecule has 2 fully saturated rings. The summed E-state index contributed by atoms with van der Waals surface area (Å²) in [6.07, 6.45) is 9.66. The SMILES string of the molecule is Fc1cccc(F)c1-c1nc(Nc2cnn(C3CCC(N4CCOCC4)CC3)c2)n2nccc2n1. The third-order valence-electron chi connectivity index (χ3n) is 6.90. The van der Waals surface area contributed by atoms with Crippen molar-refractivity contribution in [3.8, 4) is 11.4 Å². The number of aromatic nitrogens is 6. The van der Waals surface area contributed by atoms with E-state index >= 15 is 0 Å². The first kappa shape index (κ1) is 22.1. The number of nitrogens with one attached hydrogen (secondary N) is 1. The zero-order valence-corrected chi connectivity index (χ0v) is 19.1. The fourth-order valence-electron chi connectivity index (χ4n) is 5.09. The summed E-state index contributed by atoms with van der Waals surface area (Å²) in [5.74, 6) is -1.20. The molecule has 1 aliphatic carbocycles. The molecule has 3 aromatic heterocycles. The summed E-state index contributed by atoms with van der Waals surface area (Å²) in [6.45, 7) is 3.69. The molecule has 11 heteroatoms. The van der Waals surface area contributed by atoms with E-state index in [9.17, 15) is 8.78 Å². The number of anilines is 2. The van der Waals surface area contributed by atoms with Crippen LogP contribution in [0.5, 0.6) is 0 Å². The van der Waals surface area contributed by atoms with Crippen molar-refractivity contribution in [3.05, 3.63) is 54.5 Å². The van der Waals surface area contributed by atoms with E-state index in [2.05, 4.69) is 30.4 Å². The van der Waals surface area contributed by atoms with Gasteiger partial charge in [-0.15, -0.1) is 0 Å². The lowest BCUT2D eigenvalue weighted by molar-refractivity contribution is 0.00507. The number of hydrogen-bond acceptors (Lipinski definition) is 7. The Labute approximate surface area is 200 Å². The van der Waals surface area contributed by atoms with Crippen molar-refractivity contribution in [2.45, 2.75) is 37.8 Å². The van der Waals surface area contributed by atoms with Gasteiger partial charge >= 0.3 is 0 Å². The van der Waals surface area contributed by atoms with Gasteiger partial charge in [0.05, 0.1) is 42.9 Å². The van der Waals surface area contributed by atoms with Crippen LogP contribution in [0.3, 0.4) is 0 Å². The summed E-state index contributed by atoms with van der Waals surface area (Å²) >= 11 is 0. The highest BCUT2D eigenvalue weighted by Gasteiger charge is 2.28. The van der Waals surface area contributed by atoms with Crippen LogP contribution in [0, 0.1) is 11.6 Å². The second kappa shape index (κ2) is 9.31. The van der Waals surface area contributed by atoms with E-state index in [1.54, 1.807) is 18.5 Å². The van der Waals surface area contributed by atoms with Gasteiger partial charge in [0.2, 0.25) is 5.95 Å². The van der Waals surface area contributed by atoms with Gasteiger partial charge in [0.1, 0.15) is 11.6 Å². The van der Waals surface area contributed by atoms with Crippen LogP contribution in [-0.4, -0.2) is 66.6 Å². The molecule has 1 saturated carbocycles. The van der Waals surface area contributed by atoms with Crippen LogP contribution in [-0.2, 0) is 4.74 Å². The van der Waals surface area contributed by atoms with Crippen LogP contribution in [0.2, 0.25) is 0 Å². The first-order valence-corrected chi connectivity index (χ1v) is 11.9. The molecule has 1 saturated heterocycles. The van der Waals surface area contributed by atoms with E-state index in [1.807, 2.05) is 10.9 Å². The lowest BCUT2D eigenvalue weighted by atomic mass is 9.90. The molecule has 0 bridgehead atoms. The third kappa shape index (κ3) is 4.37. The second-order valence-corrected chi connectivity index (χ2v) is 9.01. The van der Waals surface area contributed by atoms with Crippen LogP contribution < -0.4 is 5.32 Å². The molecule has 9 nitrogen and oxygen atoms in total. The largest absolute Gasteiger partial charge is 0.379 e. The van der Waals surface area contributed by atoms with Gasteiger partial charge in [-0.3, -0.25) is 9.58 Å². The number of fused-ring (bicyclic) bond motifs is 1. The van der Waals surface area contributed by atoms with Crippen molar-refractivity contribution in [3.63, 3.8) is 0 Å². The highest BCUT2D eigenvalue weighted by molar-refractivity contribution is 5.63. The summed E-state index contributed by atoms with van der Waals surface area (Å²) in [6, 6.07) is 6.30. The molecule has 2 aliphatic rings. The van der Waals surface area contributed by atoms with E-state index < -0.39 is 11.6 Å². The van der Waals surface area contributed by atoms with Gasteiger partial charge in [-0.05, 0) is 37.8 Å². The first-order chi connectivity index (χ1) is 17.2. The Morgan fingerprint density at radius 2 is 1.66 bits per heavy atom. The van der Waals surface area contributed by atoms with Gasteiger partial charge < -0.3 is 10.1 Å². The fraction of sp³-hybridized carbons (Fsp3) is 0.417. The molecule has 182 valence electrons. The lowest BCUT2D eigenvalue weighted by Gasteiger charge is -2.38. The smallest absolute Gasteiger partial charge is 0.232 e. The molecule has 1 aliphatic heterocycles. The lowest BCUT2D eigenvalue weighted by Crippen LogP contribution is -2.45. The van der Waals surface area contributed by atoms with Crippen LogP contribution in [0.15, 0.2) is 42.9 Å². The Bertz CT molecular complexity index is 1300. The molecule has 0 unspecified atom stereocenters. The number of ether oxygens (including phenoxy) is 1. The molecule has 0 spiro atoms. The number of morpholine rings is 1. The molecule has 6 rings (SSSR count). The van der Waals surface area contributed by atoms with Gasteiger partial charge in [-0.25, -0.2) is 13.8 Å². The Morgan fingerprint density at radius 1 is 0.914 bits per heavy atom. The second-order valence-electron chi connectivity index (χ2n) is 9.01. The van der Waals surface area contributed by atoms with Crippen molar-refractivity contribution < 1.29 is 13.5 Å². The monoisotopic (exact) mass is 480 g/mol. The maximum absolute atomic E-state index is 14.4. The van der Waals surface area contributed by atoms with Crippen LogP contribution in [0.25, 0.3) is 17.0 Å². The standard InChI is InChI=1S/C24H26F2N8O/c25-19-2-1-3-20(26)22(19)23-30-21-8-9-27-34(21)24(31-23)29-16-14-28-33(15-16)18-6-4-17(5-7-18)32-10-12-35-13-11-32/h1-3,8-9,14-15,17-18H,4-7,10-13H2,(H,29,30,31). The number of benzene rings is 1. The molecule has 4 aromatic rings. The molecular weight excluding hydrogens is 454 g/mol. The molecule has 1 N–H and O–H groups in total. The Kier molecular flexibility index (Phi) is 5.86. The van der Waals surface area contributed by atoms with E-state index in [0.29, 0.717) is 23.7 Å². The first-order valence-electron chi connectivity index (χ1n) is 11.9. The number of hydrogen-bond donors (Lipinski definition) is 1. The highest BCUT2D eigenvalue weighted by Crippen LogP contribution is 2.32. The minimum atomic E-state index is -0.722. The Hall–Kier alpha value is -3.44. The number of halogens is 2. The predicted octanol–water partition coefficient (Wildman–Crippen LogP) is 3.83. The Morgan fingerprint density at radius 3 is 2.43 bits per heavy atom. The topological polar surface area (TPSA) is 85.4 Å². The van der Waals surface area contributed by atoms with E-state index in [-0.39, 0.29) is 11.4 Å².